The van der Waals surface area contributed by atoms with Crippen LogP contribution in [0, 0.1) is 18.6 Å². The zero-order valence-corrected chi connectivity index (χ0v) is 19.3. The molecule has 0 radical (unpaired) electrons. The second kappa shape index (κ2) is 9.91. The molecule has 3 aromatic heterocycles. The van der Waals surface area contributed by atoms with E-state index in [1.807, 2.05) is 37.5 Å². The van der Waals surface area contributed by atoms with Crippen LogP contribution in [0.2, 0.25) is 0 Å². The fourth-order valence-electron chi connectivity index (χ4n) is 4.37. The minimum absolute atomic E-state index is 0. The lowest BCUT2D eigenvalue weighted by atomic mass is 10.1. The molecule has 0 amide bonds. The van der Waals surface area contributed by atoms with E-state index < -0.39 is 11.6 Å². The second-order valence-corrected chi connectivity index (χ2v) is 8.60. The van der Waals surface area contributed by atoms with Crippen molar-refractivity contribution in [1.82, 2.24) is 29.8 Å². The molecule has 184 valence electrons. The second-order valence-electron chi connectivity index (χ2n) is 8.60. The highest BCUT2D eigenvalue weighted by Gasteiger charge is 2.18. The number of hydrogen-bond acceptors (Lipinski definition) is 7. The molecule has 0 unspecified atom stereocenters. The third kappa shape index (κ3) is 4.79. The van der Waals surface area contributed by atoms with Crippen LogP contribution in [0.5, 0.6) is 0 Å². The number of aromatic nitrogens is 5. The summed E-state index contributed by atoms with van der Waals surface area (Å²) in [5.74, 6) is 0.243. The van der Waals surface area contributed by atoms with Crippen molar-refractivity contribution in [3.8, 4) is 11.3 Å². The molecule has 4 heterocycles. The van der Waals surface area contributed by atoms with Crippen LogP contribution >= 0.6 is 0 Å². The predicted octanol–water partition coefficient (Wildman–Crippen LogP) is 4.85. The number of pyridine rings is 1. The zero-order chi connectivity index (χ0) is 23.8. The Morgan fingerprint density at radius 3 is 2.46 bits per heavy atom. The number of imidazole rings is 1. The maximum Gasteiger partial charge on any atom is 0.229 e. The summed E-state index contributed by atoms with van der Waals surface area (Å²) in [6.45, 7) is 9.54. The van der Waals surface area contributed by atoms with Gasteiger partial charge in [-0.3, -0.25) is 0 Å². The number of benzene rings is 1. The summed E-state index contributed by atoms with van der Waals surface area (Å²) in [7, 11) is 0. The van der Waals surface area contributed by atoms with Gasteiger partial charge in [0.1, 0.15) is 22.9 Å². The maximum atomic E-state index is 14.9. The summed E-state index contributed by atoms with van der Waals surface area (Å²) in [5.41, 5.74) is 2.21. The minimum atomic E-state index is -0.640. The van der Waals surface area contributed by atoms with Gasteiger partial charge in [-0.05, 0) is 45.0 Å². The van der Waals surface area contributed by atoms with Gasteiger partial charge >= 0.3 is 0 Å². The third-order valence-electron chi connectivity index (χ3n) is 5.93. The summed E-state index contributed by atoms with van der Waals surface area (Å²) in [6.07, 6.45) is 2.86. The summed E-state index contributed by atoms with van der Waals surface area (Å²) >= 11 is 0. The third-order valence-corrected chi connectivity index (χ3v) is 5.93. The molecular weight excluding hydrogens is 450 g/mol. The Bertz CT molecular complexity index is 1330. The van der Waals surface area contributed by atoms with E-state index in [9.17, 15) is 8.78 Å². The summed E-state index contributed by atoms with van der Waals surface area (Å²) in [4.78, 5) is 19.4. The molecule has 5 rings (SSSR count). The monoisotopic (exact) mass is 480 g/mol. The number of halogens is 2. The molecule has 8 nitrogen and oxygen atoms in total. The van der Waals surface area contributed by atoms with Crippen molar-refractivity contribution in [2.45, 2.75) is 34.2 Å². The Morgan fingerprint density at radius 2 is 1.77 bits per heavy atom. The fourth-order valence-corrected chi connectivity index (χ4v) is 4.37. The van der Waals surface area contributed by atoms with Gasteiger partial charge in [0.15, 0.2) is 11.6 Å². The molecule has 2 N–H and O–H groups in total. The lowest BCUT2D eigenvalue weighted by Crippen LogP contribution is -2.43. The SMILES string of the molecule is C.Cc1nc2c(F)cc(-c3nc(Nc4ccc(N5CCNCC5)cn4)ncc3F)cc2n1C(C)C. The van der Waals surface area contributed by atoms with Gasteiger partial charge in [0.25, 0.3) is 0 Å². The molecule has 1 aliphatic heterocycles. The van der Waals surface area contributed by atoms with Gasteiger partial charge in [-0.1, -0.05) is 7.43 Å². The maximum absolute atomic E-state index is 14.9. The van der Waals surface area contributed by atoms with Crippen molar-refractivity contribution < 1.29 is 8.78 Å². The zero-order valence-electron chi connectivity index (χ0n) is 19.3. The average Bonchev–Trinajstić information content (AvgIpc) is 3.18. The number of piperazine rings is 1. The van der Waals surface area contributed by atoms with Gasteiger partial charge in [0.2, 0.25) is 5.95 Å². The molecule has 0 spiro atoms. The standard InChI is InChI=1S/C24H26F2N8.CH4/c1-14(2)34-15(3)30-23-18(25)10-16(11-20(23)34)22-19(26)13-29-24(32-22)31-21-5-4-17(12-28-21)33-8-6-27-7-9-33;/h4-5,10-14,27H,6-9H2,1-3H3,(H,28,29,31,32);1H4. The highest BCUT2D eigenvalue weighted by Crippen LogP contribution is 2.30. The molecule has 4 aromatic rings. The molecule has 0 aliphatic carbocycles. The lowest BCUT2D eigenvalue weighted by molar-refractivity contribution is 0.589. The molecular formula is C25H30F2N8. The highest BCUT2D eigenvalue weighted by molar-refractivity contribution is 5.83. The largest absolute Gasteiger partial charge is 0.368 e. The van der Waals surface area contributed by atoms with Crippen molar-refractivity contribution in [3.63, 3.8) is 0 Å². The first kappa shape index (κ1) is 24.5. The van der Waals surface area contributed by atoms with Crippen molar-refractivity contribution in [2.24, 2.45) is 0 Å². The van der Waals surface area contributed by atoms with Crippen LogP contribution in [0.3, 0.4) is 0 Å². The van der Waals surface area contributed by atoms with Gasteiger partial charge in [-0.15, -0.1) is 0 Å². The highest BCUT2D eigenvalue weighted by atomic mass is 19.1. The van der Waals surface area contributed by atoms with Crippen LogP contribution in [0.4, 0.5) is 26.2 Å². The van der Waals surface area contributed by atoms with Crippen molar-refractivity contribution in [2.75, 3.05) is 36.4 Å². The molecule has 0 atom stereocenters. The van der Waals surface area contributed by atoms with Gasteiger partial charge < -0.3 is 20.1 Å². The number of rotatable bonds is 5. The molecule has 10 heteroatoms. The Labute approximate surface area is 203 Å². The van der Waals surface area contributed by atoms with Gasteiger partial charge in [0.05, 0.1) is 23.6 Å². The minimum Gasteiger partial charge on any atom is -0.368 e. The Kier molecular flexibility index (Phi) is 6.93. The Morgan fingerprint density at radius 1 is 1.00 bits per heavy atom. The molecule has 35 heavy (non-hydrogen) atoms. The van der Waals surface area contributed by atoms with Gasteiger partial charge in [-0.2, -0.15) is 0 Å². The van der Waals surface area contributed by atoms with Crippen LogP contribution in [0.1, 0.15) is 33.1 Å². The molecule has 1 aliphatic rings. The van der Waals surface area contributed by atoms with Crippen LogP contribution in [0.15, 0.2) is 36.7 Å². The molecule has 1 aromatic carbocycles. The van der Waals surface area contributed by atoms with Crippen molar-refractivity contribution in [3.05, 3.63) is 54.1 Å². The first-order valence-electron chi connectivity index (χ1n) is 11.3. The molecule has 1 saturated heterocycles. The number of nitrogens with one attached hydrogen (secondary N) is 2. The van der Waals surface area contributed by atoms with Crippen LogP contribution in [-0.2, 0) is 0 Å². The van der Waals surface area contributed by atoms with E-state index in [1.54, 1.807) is 12.3 Å². The average molecular weight is 481 g/mol. The van der Waals surface area contributed by atoms with Crippen LogP contribution in [-0.4, -0.2) is 50.7 Å². The first-order chi connectivity index (χ1) is 16.4. The molecule has 1 fully saturated rings. The number of anilines is 3. The number of hydrogen-bond donors (Lipinski definition) is 2. The van der Waals surface area contributed by atoms with E-state index in [0.717, 1.165) is 38.1 Å². The van der Waals surface area contributed by atoms with E-state index in [2.05, 4.69) is 35.5 Å². The summed E-state index contributed by atoms with van der Waals surface area (Å²) in [6, 6.07) is 6.86. The summed E-state index contributed by atoms with van der Waals surface area (Å²) in [5, 5.41) is 6.34. The Balaban J connectivity index is 0.00000289. The smallest absolute Gasteiger partial charge is 0.229 e. The summed E-state index contributed by atoms with van der Waals surface area (Å²) < 4.78 is 31.5. The van der Waals surface area contributed by atoms with E-state index in [-0.39, 0.29) is 30.6 Å². The van der Waals surface area contributed by atoms with Crippen LogP contribution < -0.4 is 15.5 Å². The van der Waals surface area contributed by atoms with Crippen LogP contribution in [0.25, 0.3) is 22.3 Å². The molecule has 0 saturated carbocycles. The fraction of sp³-hybridized carbons (Fsp3) is 0.360. The van der Waals surface area contributed by atoms with E-state index in [0.29, 0.717) is 22.7 Å². The van der Waals surface area contributed by atoms with E-state index in [4.69, 9.17) is 0 Å². The van der Waals surface area contributed by atoms with E-state index >= 15 is 0 Å². The normalized spacial score (nSPS) is 13.8. The van der Waals surface area contributed by atoms with Crippen molar-refractivity contribution >= 4 is 28.5 Å². The van der Waals surface area contributed by atoms with E-state index in [1.165, 1.54) is 6.07 Å². The van der Waals surface area contributed by atoms with Crippen molar-refractivity contribution in [1.29, 1.82) is 0 Å². The Hall–Kier alpha value is -3.66. The molecule has 0 bridgehead atoms. The topological polar surface area (TPSA) is 83.8 Å². The number of fused-ring (bicyclic) bond motifs is 1. The predicted molar refractivity (Wildman–Crippen MR) is 135 cm³/mol. The van der Waals surface area contributed by atoms with Gasteiger partial charge in [-0.25, -0.2) is 28.7 Å². The van der Waals surface area contributed by atoms with Gasteiger partial charge in [0, 0.05) is 37.8 Å². The lowest BCUT2D eigenvalue weighted by Gasteiger charge is -2.29. The quantitative estimate of drug-likeness (QED) is 0.423. The number of nitrogens with zero attached hydrogens (tertiary/aromatic N) is 6. The first-order valence-corrected chi connectivity index (χ1v) is 11.3. The number of aryl methyl sites for hydroxylation is 1.